The third kappa shape index (κ3) is 7.25. The van der Waals surface area contributed by atoms with Crippen molar-refractivity contribution in [2.24, 2.45) is 10.9 Å². The number of guanidine groups is 1. The van der Waals surface area contributed by atoms with Gasteiger partial charge in [0.25, 0.3) is 0 Å². The number of benzene rings is 1. The summed E-state index contributed by atoms with van der Waals surface area (Å²) in [4.78, 5) is 9.53. The summed E-state index contributed by atoms with van der Waals surface area (Å²) >= 11 is 0. The summed E-state index contributed by atoms with van der Waals surface area (Å²) in [6, 6.07) is 9.51. The summed E-state index contributed by atoms with van der Waals surface area (Å²) in [7, 11) is 1.84. The lowest BCUT2D eigenvalue weighted by atomic mass is 10.0. The van der Waals surface area contributed by atoms with Crippen LogP contribution >= 0.6 is 0 Å². The molecule has 1 aromatic carbocycles. The minimum atomic E-state index is 0.488. The quantitative estimate of drug-likeness (QED) is 0.505. The number of hydrogen-bond acceptors (Lipinski definition) is 4. The minimum Gasteiger partial charge on any atom is -0.379 e. The Morgan fingerprint density at radius 2 is 1.63 bits per heavy atom. The highest BCUT2D eigenvalue weighted by atomic mass is 16.5. The van der Waals surface area contributed by atoms with Crippen molar-refractivity contribution >= 4 is 5.96 Å². The smallest absolute Gasteiger partial charge is 0.191 e. The molecule has 0 radical (unpaired) electrons. The van der Waals surface area contributed by atoms with Crippen LogP contribution in [0.4, 0.5) is 0 Å². The molecule has 2 aliphatic heterocycles. The van der Waals surface area contributed by atoms with Gasteiger partial charge in [0.05, 0.1) is 13.2 Å². The van der Waals surface area contributed by atoms with E-state index in [1.165, 1.54) is 43.5 Å². The first-order chi connectivity index (χ1) is 14.7. The lowest BCUT2D eigenvalue weighted by Crippen LogP contribution is -2.52. The van der Waals surface area contributed by atoms with Gasteiger partial charge in [0.1, 0.15) is 0 Å². The van der Waals surface area contributed by atoms with Gasteiger partial charge in [-0.3, -0.25) is 14.8 Å². The molecule has 1 unspecified atom stereocenters. The number of ether oxygens (including phenoxy) is 1. The van der Waals surface area contributed by atoms with Gasteiger partial charge >= 0.3 is 0 Å². The highest BCUT2D eigenvalue weighted by Crippen LogP contribution is 2.14. The van der Waals surface area contributed by atoms with E-state index in [4.69, 9.17) is 4.74 Å². The Kier molecular flexibility index (Phi) is 9.43. The Labute approximate surface area is 183 Å². The van der Waals surface area contributed by atoms with Crippen molar-refractivity contribution in [2.75, 3.05) is 53.0 Å². The van der Waals surface area contributed by atoms with E-state index in [-0.39, 0.29) is 0 Å². The normalized spacial score (nSPS) is 20.3. The van der Waals surface area contributed by atoms with Crippen LogP contribution in [0, 0.1) is 5.92 Å². The van der Waals surface area contributed by atoms with E-state index in [1.807, 2.05) is 7.05 Å². The Balaban J connectivity index is 1.43. The first-order valence-corrected chi connectivity index (χ1v) is 11.7. The second kappa shape index (κ2) is 12.3. The molecule has 0 amide bonds. The monoisotopic (exact) mass is 415 g/mol. The number of rotatable bonds is 8. The SMILES string of the molecule is CN=C(NCc1ccc(CN2CCCCC2)cc1)NCC(C(C)C)N1CCOCC1. The van der Waals surface area contributed by atoms with Gasteiger partial charge < -0.3 is 15.4 Å². The highest BCUT2D eigenvalue weighted by molar-refractivity contribution is 5.79. The molecule has 2 saturated heterocycles. The largest absolute Gasteiger partial charge is 0.379 e. The maximum absolute atomic E-state index is 5.51. The zero-order chi connectivity index (χ0) is 21.2. The molecule has 168 valence electrons. The van der Waals surface area contributed by atoms with E-state index in [1.54, 1.807) is 0 Å². The number of piperidine rings is 1. The molecule has 2 fully saturated rings. The van der Waals surface area contributed by atoms with E-state index in [2.05, 4.69) is 63.5 Å². The summed E-state index contributed by atoms with van der Waals surface area (Å²) in [5.74, 6) is 1.45. The lowest BCUT2D eigenvalue weighted by molar-refractivity contribution is 0.00752. The average molecular weight is 416 g/mol. The maximum Gasteiger partial charge on any atom is 0.191 e. The predicted molar refractivity (Wildman–Crippen MR) is 125 cm³/mol. The van der Waals surface area contributed by atoms with Crippen LogP contribution in [-0.4, -0.2) is 74.8 Å². The zero-order valence-electron chi connectivity index (χ0n) is 19.2. The van der Waals surface area contributed by atoms with E-state index in [9.17, 15) is 0 Å². The fourth-order valence-corrected chi connectivity index (χ4v) is 4.44. The van der Waals surface area contributed by atoms with E-state index in [0.717, 1.165) is 51.9 Å². The summed E-state index contributed by atoms with van der Waals surface area (Å²) in [6.45, 7) is 13.5. The molecule has 1 atom stereocenters. The molecule has 6 nitrogen and oxygen atoms in total. The van der Waals surface area contributed by atoms with Gasteiger partial charge in [-0.15, -0.1) is 0 Å². The van der Waals surface area contributed by atoms with Crippen LogP contribution < -0.4 is 10.6 Å². The van der Waals surface area contributed by atoms with Gasteiger partial charge in [0, 0.05) is 45.8 Å². The van der Waals surface area contributed by atoms with Crippen LogP contribution in [0.15, 0.2) is 29.3 Å². The summed E-state index contributed by atoms with van der Waals surface area (Å²) in [6.07, 6.45) is 4.08. The molecule has 2 N–H and O–H groups in total. The Hall–Kier alpha value is -1.63. The fraction of sp³-hybridized carbons (Fsp3) is 0.708. The predicted octanol–water partition coefficient (Wildman–Crippen LogP) is 2.69. The molecular formula is C24H41N5O. The molecule has 0 spiro atoms. The molecule has 3 rings (SSSR count). The van der Waals surface area contributed by atoms with Crippen LogP contribution in [0.25, 0.3) is 0 Å². The van der Waals surface area contributed by atoms with Crippen LogP contribution in [0.2, 0.25) is 0 Å². The molecular weight excluding hydrogens is 374 g/mol. The molecule has 2 heterocycles. The summed E-state index contributed by atoms with van der Waals surface area (Å²) < 4.78 is 5.51. The van der Waals surface area contributed by atoms with Crippen molar-refractivity contribution in [1.82, 2.24) is 20.4 Å². The van der Waals surface area contributed by atoms with Gasteiger partial charge in [-0.1, -0.05) is 44.5 Å². The maximum atomic E-state index is 5.51. The Bertz CT molecular complexity index is 634. The molecule has 0 saturated carbocycles. The standard InChI is InChI=1S/C24H41N5O/c1-20(2)23(29-13-15-30-16-14-29)18-27-24(25-3)26-17-21-7-9-22(10-8-21)19-28-11-5-4-6-12-28/h7-10,20,23H,4-6,11-19H2,1-3H3,(H2,25,26,27). The number of nitrogens with one attached hydrogen (secondary N) is 2. The number of hydrogen-bond donors (Lipinski definition) is 2. The molecule has 6 heteroatoms. The van der Waals surface area contributed by atoms with Crippen LogP contribution in [-0.2, 0) is 17.8 Å². The van der Waals surface area contributed by atoms with E-state index in [0.29, 0.717) is 12.0 Å². The molecule has 0 aromatic heterocycles. The van der Waals surface area contributed by atoms with Gasteiger partial charge in [-0.25, -0.2) is 0 Å². The highest BCUT2D eigenvalue weighted by Gasteiger charge is 2.23. The summed E-state index contributed by atoms with van der Waals surface area (Å²) in [5.41, 5.74) is 2.70. The molecule has 1 aromatic rings. The second-order valence-electron chi connectivity index (χ2n) is 8.92. The Morgan fingerprint density at radius 3 is 2.27 bits per heavy atom. The number of morpholine rings is 1. The van der Waals surface area contributed by atoms with Crippen molar-refractivity contribution < 1.29 is 4.74 Å². The third-order valence-corrected chi connectivity index (χ3v) is 6.32. The van der Waals surface area contributed by atoms with Crippen molar-refractivity contribution in [1.29, 1.82) is 0 Å². The topological polar surface area (TPSA) is 52.1 Å². The van der Waals surface area contributed by atoms with Gasteiger partial charge in [-0.05, 0) is 43.0 Å². The zero-order valence-corrected chi connectivity index (χ0v) is 19.2. The first-order valence-electron chi connectivity index (χ1n) is 11.7. The van der Waals surface area contributed by atoms with Gasteiger partial charge in [0.15, 0.2) is 5.96 Å². The van der Waals surface area contributed by atoms with Gasteiger partial charge in [-0.2, -0.15) is 0 Å². The molecule has 30 heavy (non-hydrogen) atoms. The Morgan fingerprint density at radius 1 is 0.967 bits per heavy atom. The van der Waals surface area contributed by atoms with Gasteiger partial charge in [0.2, 0.25) is 0 Å². The van der Waals surface area contributed by atoms with E-state index < -0.39 is 0 Å². The molecule has 2 aliphatic rings. The number of likely N-dealkylation sites (tertiary alicyclic amines) is 1. The van der Waals surface area contributed by atoms with Crippen LogP contribution in [0.3, 0.4) is 0 Å². The first kappa shape index (κ1) is 23.0. The van der Waals surface area contributed by atoms with Crippen molar-refractivity contribution in [3.8, 4) is 0 Å². The van der Waals surface area contributed by atoms with Crippen molar-refractivity contribution in [2.45, 2.75) is 52.2 Å². The second-order valence-corrected chi connectivity index (χ2v) is 8.92. The van der Waals surface area contributed by atoms with Crippen LogP contribution in [0.5, 0.6) is 0 Å². The van der Waals surface area contributed by atoms with Crippen LogP contribution in [0.1, 0.15) is 44.2 Å². The molecule has 0 aliphatic carbocycles. The average Bonchev–Trinajstić information content (AvgIpc) is 2.78. The summed E-state index contributed by atoms with van der Waals surface area (Å²) in [5, 5.41) is 7.00. The number of nitrogens with zero attached hydrogens (tertiary/aromatic N) is 3. The van der Waals surface area contributed by atoms with E-state index >= 15 is 0 Å². The van der Waals surface area contributed by atoms with Crippen molar-refractivity contribution in [3.63, 3.8) is 0 Å². The number of aliphatic imine (C=N–C) groups is 1. The minimum absolute atomic E-state index is 0.488. The lowest BCUT2D eigenvalue weighted by Gasteiger charge is -2.37. The third-order valence-electron chi connectivity index (χ3n) is 6.32. The molecule has 0 bridgehead atoms. The fourth-order valence-electron chi connectivity index (χ4n) is 4.44. The van der Waals surface area contributed by atoms with Crippen molar-refractivity contribution in [3.05, 3.63) is 35.4 Å².